The van der Waals surface area contributed by atoms with E-state index < -0.39 is 5.97 Å². The molecule has 58 valence electrons. The van der Waals surface area contributed by atoms with Crippen LogP contribution in [0, 0.1) is 0 Å². The number of aliphatic carboxylic acids is 1. The van der Waals surface area contributed by atoms with Crippen molar-refractivity contribution in [3.8, 4) is 0 Å². The van der Waals surface area contributed by atoms with Crippen molar-refractivity contribution >= 4 is 5.97 Å². The Kier molecular flexibility index (Phi) is 4.32. The second-order valence-electron chi connectivity index (χ2n) is 1.92. The Hall–Kier alpha value is -1.03. The van der Waals surface area contributed by atoms with E-state index in [2.05, 4.69) is 5.32 Å². The first-order valence-electron chi connectivity index (χ1n) is 2.93. The van der Waals surface area contributed by atoms with Crippen molar-refractivity contribution in [1.29, 1.82) is 0 Å². The van der Waals surface area contributed by atoms with Gasteiger partial charge in [-0.3, -0.25) is 0 Å². The maximum absolute atomic E-state index is 9.88. The van der Waals surface area contributed by atoms with Gasteiger partial charge in [0.25, 0.3) is 0 Å². The number of hydrogen-bond donors (Lipinski definition) is 3. The number of carbonyl (C=O) groups is 1. The van der Waals surface area contributed by atoms with Gasteiger partial charge >= 0.3 is 5.97 Å². The molecule has 0 aliphatic carbocycles. The van der Waals surface area contributed by atoms with Crippen LogP contribution in [0.4, 0.5) is 0 Å². The highest BCUT2D eigenvalue weighted by Crippen LogP contribution is 1.77. The molecule has 0 aromatic carbocycles. The Labute approximate surface area is 59.2 Å². The molecule has 1 atom stereocenters. The smallest absolute Gasteiger partial charge is 0.329 e. The molecule has 0 saturated heterocycles. The summed E-state index contributed by atoms with van der Waals surface area (Å²) in [6, 6.07) is -0.101. The van der Waals surface area contributed by atoms with Gasteiger partial charge < -0.3 is 15.5 Å². The lowest BCUT2D eigenvalue weighted by atomic mass is 10.4. The van der Waals surface area contributed by atoms with Crippen molar-refractivity contribution < 1.29 is 15.0 Å². The van der Waals surface area contributed by atoms with Crippen molar-refractivity contribution in [2.24, 2.45) is 0 Å². The van der Waals surface area contributed by atoms with E-state index in [1.807, 2.05) is 0 Å². The van der Waals surface area contributed by atoms with Gasteiger partial charge in [-0.2, -0.15) is 0 Å². The summed E-state index contributed by atoms with van der Waals surface area (Å²) in [6.45, 7) is 1.73. The second-order valence-corrected chi connectivity index (χ2v) is 1.92. The maximum Gasteiger partial charge on any atom is 0.329 e. The molecule has 0 spiro atoms. The van der Waals surface area contributed by atoms with Gasteiger partial charge in [0.2, 0.25) is 0 Å². The molecule has 0 fully saturated rings. The third kappa shape index (κ3) is 5.11. The predicted octanol–water partition coefficient (Wildman–Crippen LogP) is -0.445. The molecule has 0 radical (unpaired) electrons. The zero-order chi connectivity index (χ0) is 7.98. The zero-order valence-electron chi connectivity index (χ0n) is 5.74. The summed E-state index contributed by atoms with van der Waals surface area (Å²) in [6.07, 6.45) is 2.27. The van der Waals surface area contributed by atoms with Crippen molar-refractivity contribution in [3.05, 3.63) is 12.3 Å². The van der Waals surface area contributed by atoms with Crippen LogP contribution in [-0.4, -0.2) is 28.8 Å². The van der Waals surface area contributed by atoms with Crippen LogP contribution in [0.1, 0.15) is 6.92 Å². The number of nitrogens with one attached hydrogen (secondary N) is 1. The van der Waals surface area contributed by atoms with Gasteiger partial charge in [-0.1, -0.05) is 0 Å². The van der Waals surface area contributed by atoms with Crippen LogP contribution in [0.2, 0.25) is 0 Å². The molecular weight excluding hydrogens is 134 g/mol. The first-order valence-corrected chi connectivity index (χ1v) is 2.93. The lowest BCUT2D eigenvalue weighted by Gasteiger charge is -2.05. The largest absolute Gasteiger partial charge is 0.478 e. The molecule has 4 nitrogen and oxygen atoms in total. The third-order valence-corrected chi connectivity index (χ3v) is 0.881. The Morgan fingerprint density at radius 2 is 2.40 bits per heavy atom. The van der Waals surface area contributed by atoms with Crippen molar-refractivity contribution in [2.75, 3.05) is 6.61 Å². The molecule has 0 unspecified atom stereocenters. The summed E-state index contributed by atoms with van der Waals surface area (Å²) in [4.78, 5) is 9.88. The molecule has 0 saturated carbocycles. The highest BCUT2D eigenvalue weighted by molar-refractivity contribution is 5.79. The second kappa shape index (κ2) is 4.81. The van der Waals surface area contributed by atoms with Gasteiger partial charge in [0, 0.05) is 18.3 Å². The van der Waals surface area contributed by atoms with Crippen LogP contribution < -0.4 is 5.32 Å². The summed E-state index contributed by atoms with van der Waals surface area (Å²) in [5.74, 6) is -1.00. The molecule has 0 aromatic heterocycles. The van der Waals surface area contributed by atoms with Crippen LogP contribution >= 0.6 is 0 Å². The molecule has 3 N–H and O–H groups in total. The average molecular weight is 145 g/mol. The SMILES string of the molecule is C[C@@H](CO)NC=CC(=O)O. The van der Waals surface area contributed by atoms with E-state index in [-0.39, 0.29) is 12.6 Å². The normalized spacial score (nSPS) is 13.4. The lowest BCUT2D eigenvalue weighted by Crippen LogP contribution is -2.24. The van der Waals surface area contributed by atoms with E-state index in [9.17, 15) is 4.79 Å². The molecule has 0 heterocycles. The molecule has 0 amide bonds. The monoisotopic (exact) mass is 145 g/mol. The number of aliphatic hydroxyl groups excluding tert-OH is 1. The van der Waals surface area contributed by atoms with Gasteiger partial charge in [-0.15, -0.1) is 0 Å². The molecular formula is C6H11NO3. The summed E-state index contributed by atoms with van der Waals surface area (Å²) >= 11 is 0. The molecule has 0 aliphatic rings. The molecule has 10 heavy (non-hydrogen) atoms. The Bertz CT molecular complexity index is 133. The fourth-order valence-electron chi connectivity index (χ4n) is 0.336. The van der Waals surface area contributed by atoms with E-state index in [0.717, 1.165) is 6.08 Å². The van der Waals surface area contributed by atoms with Crippen LogP contribution in [0.15, 0.2) is 12.3 Å². The van der Waals surface area contributed by atoms with E-state index >= 15 is 0 Å². The van der Waals surface area contributed by atoms with E-state index in [1.54, 1.807) is 6.92 Å². The Balaban J connectivity index is 3.43. The van der Waals surface area contributed by atoms with Crippen LogP contribution in [0.5, 0.6) is 0 Å². The minimum atomic E-state index is -1.00. The van der Waals surface area contributed by atoms with Gasteiger partial charge in [0.15, 0.2) is 0 Å². The average Bonchev–Trinajstić information content (AvgIpc) is 1.87. The van der Waals surface area contributed by atoms with Gasteiger partial charge in [-0.25, -0.2) is 4.79 Å². The summed E-state index contributed by atoms with van der Waals surface area (Å²) < 4.78 is 0. The Morgan fingerprint density at radius 3 is 2.80 bits per heavy atom. The molecule has 0 aliphatic heterocycles. The lowest BCUT2D eigenvalue weighted by molar-refractivity contribution is -0.131. The van der Waals surface area contributed by atoms with E-state index in [4.69, 9.17) is 10.2 Å². The van der Waals surface area contributed by atoms with Crippen LogP contribution in [0.3, 0.4) is 0 Å². The predicted molar refractivity (Wildman–Crippen MR) is 36.5 cm³/mol. The first-order chi connectivity index (χ1) is 4.66. The number of carboxylic acid groups (broad SMARTS) is 1. The molecule has 4 heteroatoms. The van der Waals surface area contributed by atoms with Crippen LogP contribution in [-0.2, 0) is 4.79 Å². The van der Waals surface area contributed by atoms with Crippen molar-refractivity contribution in [1.82, 2.24) is 5.32 Å². The minimum absolute atomic E-state index is 0.00996. The van der Waals surface area contributed by atoms with E-state index in [1.165, 1.54) is 6.20 Å². The zero-order valence-corrected chi connectivity index (χ0v) is 5.74. The summed E-state index contributed by atoms with van der Waals surface area (Å²) in [5.41, 5.74) is 0. The van der Waals surface area contributed by atoms with Crippen LogP contribution in [0.25, 0.3) is 0 Å². The summed E-state index contributed by atoms with van der Waals surface area (Å²) in [7, 11) is 0. The highest BCUT2D eigenvalue weighted by Gasteiger charge is 1.92. The fraction of sp³-hybridized carbons (Fsp3) is 0.500. The fourth-order valence-corrected chi connectivity index (χ4v) is 0.336. The summed E-state index contributed by atoms with van der Waals surface area (Å²) in [5, 5.41) is 19.2. The van der Waals surface area contributed by atoms with Gasteiger partial charge in [-0.05, 0) is 6.92 Å². The molecule has 0 bridgehead atoms. The first kappa shape index (κ1) is 8.97. The number of rotatable bonds is 4. The van der Waals surface area contributed by atoms with Crippen molar-refractivity contribution in [3.63, 3.8) is 0 Å². The number of carboxylic acids is 1. The topological polar surface area (TPSA) is 69.6 Å². The Morgan fingerprint density at radius 1 is 1.80 bits per heavy atom. The van der Waals surface area contributed by atoms with Gasteiger partial charge in [0.1, 0.15) is 0 Å². The minimum Gasteiger partial charge on any atom is -0.478 e. The maximum atomic E-state index is 9.88. The quantitative estimate of drug-likeness (QED) is 0.469. The molecule has 0 aromatic rings. The third-order valence-electron chi connectivity index (χ3n) is 0.881. The molecule has 0 rings (SSSR count). The highest BCUT2D eigenvalue weighted by atomic mass is 16.4. The standard InChI is InChI=1S/C6H11NO3/c1-5(4-8)7-3-2-6(9)10/h2-3,5,7-8H,4H2,1H3,(H,9,10)/t5-/m0/s1. The van der Waals surface area contributed by atoms with Gasteiger partial charge in [0.05, 0.1) is 6.61 Å². The number of aliphatic hydroxyl groups is 1. The van der Waals surface area contributed by atoms with Crippen molar-refractivity contribution in [2.45, 2.75) is 13.0 Å². The van der Waals surface area contributed by atoms with E-state index in [0.29, 0.717) is 0 Å². The number of hydrogen-bond acceptors (Lipinski definition) is 3.